The van der Waals surface area contributed by atoms with Crippen molar-refractivity contribution < 1.29 is 18.3 Å². The highest BCUT2D eigenvalue weighted by Crippen LogP contribution is 2.23. The molecule has 1 saturated heterocycles. The van der Waals surface area contributed by atoms with E-state index in [0.717, 1.165) is 37.9 Å². The van der Waals surface area contributed by atoms with E-state index in [-0.39, 0.29) is 12.0 Å². The van der Waals surface area contributed by atoms with Crippen LogP contribution in [-0.4, -0.2) is 30.6 Å². The summed E-state index contributed by atoms with van der Waals surface area (Å²) in [4.78, 5) is 13.5. The van der Waals surface area contributed by atoms with E-state index in [2.05, 4.69) is 0 Å². The molecule has 0 aromatic heterocycles. The quantitative estimate of drug-likeness (QED) is 0.796. The van der Waals surface area contributed by atoms with Crippen LogP contribution in [0.5, 0.6) is 0 Å². The highest BCUT2D eigenvalue weighted by Gasteiger charge is 2.25. The molecule has 3 nitrogen and oxygen atoms in total. The highest BCUT2D eigenvalue weighted by molar-refractivity contribution is 5.69. The summed E-state index contributed by atoms with van der Waals surface area (Å²) in [5.74, 6) is -1.11. The van der Waals surface area contributed by atoms with Crippen LogP contribution < -0.4 is 0 Å². The number of rotatable bonds is 4. The van der Waals surface area contributed by atoms with E-state index < -0.39 is 11.6 Å². The topological polar surface area (TPSA) is 29.5 Å². The average molecular weight is 283 g/mol. The first-order chi connectivity index (χ1) is 9.60. The molecule has 1 unspecified atom stereocenters. The Kier molecular flexibility index (Phi) is 5.06. The van der Waals surface area contributed by atoms with Crippen molar-refractivity contribution in [2.75, 3.05) is 13.7 Å². The summed E-state index contributed by atoms with van der Waals surface area (Å²) >= 11 is 0. The van der Waals surface area contributed by atoms with E-state index in [0.29, 0.717) is 18.5 Å². The molecule has 1 heterocycles. The Hall–Kier alpha value is -1.49. The van der Waals surface area contributed by atoms with Crippen molar-refractivity contribution in [1.29, 1.82) is 0 Å². The molecule has 1 aliphatic rings. The molecule has 20 heavy (non-hydrogen) atoms. The van der Waals surface area contributed by atoms with Gasteiger partial charge in [0, 0.05) is 18.2 Å². The fourth-order valence-corrected chi connectivity index (χ4v) is 2.66. The minimum atomic E-state index is -0.442. The van der Waals surface area contributed by atoms with Gasteiger partial charge in [-0.05, 0) is 37.6 Å². The van der Waals surface area contributed by atoms with Crippen LogP contribution in [0.25, 0.3) is 0 Å². The molecule has 1 aromatic rings. The van der Waals surface area contributed by atoms with Gasteiger partial charge in [0.15, 0.2) is 0 Å². The number of ether oxygens (including phenoxy) is 1. The summed E-state index contributed by atoms with van der Waals surface area (Å²) in [6.07, 6.45) is 3.23. The molecular weight excluding hydrogens is 264 g/mol. The maximum atomic E-state index is 13.7. The summed E-state index contributed by atoms with van der Waals surface area (Å²) in [5.41, 5.74) is 0.335. The summed E-state index contributed by atoms with van der Waals surface area (Å²) < 4.78 is 31.6. The number of nitrogens with zero attached hydrogens (tertiary/aromatic N) is 1. The normalized spacial score (nSPS) is 19.9. The number of carbonyl (C=O) groups is 1. The van der Waals surface area contributed by atoms with Gasteiger partial charge >= 0.3 is 5.97 Å². The molecule has 0 spiro atoms. The largest absolute Gasteiger partial charge is 0.469 e. The number of hydrogen-bond acceptors (Lipinski definition) is 3. The maximum absolute atomic E-state index is 13.7. The van der Waals surface area contributed by atoms with Crippen molar-refractivity contribution >= 4 is 5.97 Å². The van der Waals surface area contributed by atoms with E-state index in [1.807, 2.05) is 4.90 Å². The molecule has 0 amide bonds. The van der Waals surface area contributed by atoms with Crippen LogP contribution in [0.1, 0.15) is 31.2 Å². The number of hydrogen-bond donors (Lipinski definition) is 0. The van der Waals surface area contributed by atoms with Crippen LogP contribution in [0.3, 0.4) is 0 Å². The Morgan fingerprint density at radius 3 is 2.95 bits per heavy atom. The molecular formula is C15H19F2NO2. The first kappa shape index (κ1) is 14.9. The molecule has 2 rings (SSSR count). The van der Waals surface area contributed by atoms with Gasteiger partial charge in [-0.15, -0.1) is 0 Å². The zero-order valence-corrected chi connectivity index (χ0v) is 11.6. The fraction of sp³-hybridized carbons (Fsp3) is 0.533. The minimum absolute atomic E-state index is 0.0406. The zero-order chi connectivity index (χ0) is 14.5. The van der Waals surface area contributed by atoms with Crippen LogP contribution in [0.15, 0.2) is 18.2 Å². The van der Waals surface area contributed by atoms with Gasteiger partial charge in [0.05, 0.1) is 13.5 Å². The molecule has 5 heteroatoms. The van der Waals surface area contributed by atoms with E-state index in [9.17, 15) is 13.6 Å². The van der Waals surface area contributed by atoms with Crippen LogP contribution in [0.2, 0.25) is 0 Å². The van der Waals surface area contributed by atoms with Crippen molar-refractivity contribution in [2.45, 2.75) is 38.3 Å². The van der Waals surface area contributed by atoms with Crippen LogP contribution in [0.4, 0.5) is 8.78 Å². The SMILES string of the molecule is COC(=O)CC1CCCCN1Cc1cc(F)ccc1F. The van der Waals surface area contributed by atoms with Gasteiger partial charge in [-0.3, -0.25) is 9.69 Å². The number of methoxy groups -OCH3 is 1. The lowest BCUT2D eigenvalue weighted by Crippen LogP contribution is -2.40. The molecule has 0 radical (unpaired) electrons. The van der Waals surface area contributed by atoms with Gasteiger partial charge in [0.2, 0.25) is 0 Å². The Morgan fingerprint density at radius 1 is 1.40 bits per heavy atom. The van der Waals surface area contributed by atoms with Crippen molar-refractivity contribution in [2.24, 2.45) is 0 Å². The number of benzene rings is 1. The predicted molar refractivity (Wildman–Crippen MR) is 71.0 cm³/mol. The molecule has 110 valence electrons. The summed E-state index contributed by atoms with van der Waals surface area (Å²) in [5, 5.41) is 0. The lowest BCUT2D eigenvalue weighted by molar-refractivity contribution is -0.142. The Labute approximate surface area is 117 Å². The lowest BCUT2D eigenvalue weighted by Gasteiger charge is -2.35. The van der Waals surface area contributed by atoms with Crippen molar-refractivity contribution in [3.63, 3.8) is 0 Å². The van der Waals surface area contributed by atoms with Crippen LogP contribution >= 0.6 is 0 Å². The minimum Gasteiger partial charge on any atom is -0.469 e. The summed E-state index contributed by atoms with van der Waals surface area (Å²) in [6.45, 7) is 1.11. The van der Waals surface area contributed by atoms with Gasteiger partial charge in [-0.1, -0.05) is 6.42 Å². The van der Waals surface area contributed by atoms with E-state index >= 15 is 0 Å². The molecule has 0 saturated carbocycles. The van der Waals surface area contributed by atoms with Crippen LogP contribution in [0, 0.1) is 11.6 Å². The first-order valence-corrected chi connectivity index (χ1v) is 6.85. The van der Waals surface area contributed by atoms with Crippen LogP contribution in [-0.2, 0) is 16.1 Å². The standard InChI is InChI=1S/C15H19F2NO2/c1-20-15(19)9-13-4-2-3-7-18(13)10-11-8-12(16)5-6-14(11)17/h5-6,8,13H,2-4,7,9-10H2,1H3. The van der Waals surface area contributed by atoms with Crippen molar-refractivity contribution in [1.82, 2.24) is 4.90 Å². The van der Waals surface area contributed by atoms with Gasteiger partial charge < -0.3 is 4.74 Å². The van der Waals surface area contributed by atoms with Crippen molar-refractivity contribution in [3.05, 3.63) is 35.4 Å². The fourth-order valence-electron chi connectivity index (χ4n) is 2.66. The molecule has 0 bridgehead atoms. The van der Waals surface area contributed by atoms with E-state index in [1.165, 1.54) is 13.2 Å². The Morgan fingerprint density at radius 2 is 2.20 bits per heavy atom. The molecule has 1 aromatic carbocycles. The van der Waals surface area contributed by atoms with Gasteiger partial charge in [0.1, 0.15) is 11.6 Å². The Balaban J connectivity index is 2.08. The second-order valence-electron chi connectivity index (χ2n) is 5.14. The number of piperidine rings is 1. The van der Waals surface area contributed by atoms with Gasteiger partial charge in [-0.2, -0.15) is 0 Å². The van der Waals surface area contributed by atoms with E-state index in [1.54, 1.807) is 0 Å². The molecule has 0 aliphatic carbocycles. The number of esters is 1. The monoisotopic (exact) mass is 283 g/mol. The summed E-state index contributed by atoms with van der Waals surface area (Å²) in [7, 11) is 1.36. The number of likely N-dealkylation sites (tertiary alicyclic amines) is 1. The third-order valence-electron chi connectivity index (χ3n) is 3.76. The van der Waals surface area contributed by atoms with Crippen molar-refractivity contribution in [3.8, 4) is 0 Å². The third-order valence-corrected chi connectivity index (χ3v) is 3.76. The number of halogens is 2. The predicted octanol–water partition coefficient (Wildman–Crippen LogP) is 2.88. The second kappa shape index (κ2) is 6.79. The van der Waals surface area contributed by atoms with Gasteiger partial charge in [-0.25, -0.2) is 8.78 Å². The zero-order valence-electron chi connectivity index (χ0n) is 11.6. The molecule has 1 atom stereocenters. The van der Waals surface area contributed by atoms with E-state index in [4.69, 9.17) is 4.74 Å². The maximum Gasteiger partial charge on any atom is 0.307 e. The summed E-state index contributed by atoms with van der Waals surface area (Å²) in [6, 6.07) is 3.52. The molecule has 1 aliphatic heterocycles. The highest BCUT2D eigenvalue weighted by atomic mass is 19.1. The average Bonchev–Trinajstić information content (AvgIpc) is 2.44. The number of carbonyl (C=O) groups excluding carboxylic acids is 1. The Bertz CT molecular complexity index is 479. The van der Waals surface area contributed by atoms with Gasteiger partial charge in [0.25, 0.3) is 0 Å². The third kappa shape index (κ3) is 3.76. The lowest BCUT2D eigenvalue weighted by atomic mass is 9.98. The first-order valence-electron chi connectivity index (χ1n) is 6.85. The smallest absolute Gasteiger partial charge is 0.307 e. The molecule has 0 N–H and O–H groups in total. The second-order valence-corrected chi connectivity index (χ2v) is 5.14. The molecule has 1 fully saturated rings.